The Morgan fingerprint density at radius 1 is 0.926 bits per heavy atom. The summed E-state index contributed by atoms with van der Waals surface area (Å²) in [6.07, 6.45) is 0. The molecular weight excluding hydrogens is 342 g/mol. The lowest BCUT2D eigenvalue weighted by Gasteiger charge is -2.17. The van der Waals surface area contributed by atoms with Crippen LogP contribution in [0.1, 0.15) is 18.5 Å². The van der Waals surface area contributed by atoms with Crippen LogP contribution < -0.4 is 19.5 Å². The average molecular weight is 365 g/mol. The van der Waals surface area contributed by atoms with Crippen molar-refractivity contribution in [3.63, 3.8) is 0 Å². The van der Waals surface area contributed by atoms with Crippen molar-refractivity contribution in [3.8, 4) is 17.2 Å². The van der Waals surface area contributed by atoms with Crippen molar-refractivity contribution in [2.24, 2.45) is 0 Å². The van der Waals surface area contributed by atoms with Crippen molar-refractivity contribution < 1.29 is 19.0 Å². The third kappa shape index (κ3) is 4.50. The minimum atomic E-state index is -0.189. The molecule has 1 amide bonds. The van der Waals surface area contributed by atoms with E-state index in [-0.39, 0.29) is 18.6 Å². The van der Waals surface area contributed by atoms with Crippen LogP contribution in [0.25, 0.3) is 10.8 Å². The molecule has 0 heterocycles. The number of fused-ring (bicyclic) bond motifs is 1. The number of ether oxygens (including phenoxy) is 3. The first kappa shape index (κ1) is 18.6. The number of methoxy groups -OCH3 is 2. The molecule has 27 heavy (non-hydrogen) atoms. The standard InChI is InChI=1S/C22H23NO4/c1-15(17-9-11-20(25-2)21(13-17)26-3)23-22(24)14-27-19-10-8-16-6-4-5-7-18(16)12-19/h4-13,15H,14H2,1-3H3,(H,23,24). The first-order chi connectivity index (χ1) is 13.1. The van der Waals surface area contributed by atoms with Crippen LogP contribution >= 0.6 is 0 Å². The van der Waals surface area contributed by atoms with E-state index in [0.717, 1.165) is 16.3 Å². The van der Waals surface area contributed by atoms with Crippen LogP contribution in [-0.4, -0.2) is 26.7 Å². The van der Waals surface area contributed by atoms with E-state index in [0.29, 0.717) is 17.2 Å². The van der Waals surface area contributed by atoms with Crippen LogP contribution in [-0.2, 0) is 4.79 Å². The summed E-state index contributed by atoms with van der Waals surface area (Å²) in [6, 6.07) is 19.2. The fourth-order valence-electron chi connectivity index (χ4n) is 2.89. The second-order valence-corrected chi connectivity index (χ2v) is 6.20. The maximum atomic E-state index is 12.2. The predicted octanol–water partition coefficient (Wildman–Crippen LogP) is 4.11. The van der Waals surface area contributed by atoms with Gasteiger partial charge in [-0.25, -0.2) is 0 Å². The number of hydrogen-bond donors (Lipinski definition) is 1. The second-order valence-electron chi connectivity index (χ2n) is 6.20. The Morgan fingerprint density at radius 3 is 2.41 bits per heavy atom. The summed E-state index contributed by atoms with van der Waals surface area (Å²) in [7, 11) is 3.18. The summed E-state index contributed by atoms with van der Waals surface area (Å²) in [6.45, 7) is 1.87. The molecular formula is C22H23NO4. The van der Waals surface area contributed by atoms with Crippen LogP contribution in [0.5, 0.6) is 17.2 Å². The van der Waals surface area contributed by atoms with Gasteiger partial charge in [0.2, 0.25) is 0 Å². The quantitative estimate of drug-likeness (QED) is 0.684. The summed E-state index contributed by atoms with van der Waals surface area (Å²) >= 11 is 0. The lowest BCUT2D eigenvalue weighted by Crippen LogP contribution is -2.31. The van der Waals surface area contributed by atoms with Gasteiger partial charge in [-0.3, -0.25) is 4.79 Å². The third-order valence-corrected chi connectivity index (χ3v) is 4.38. The largest absolute Gasteiger partial charge is 0.493 e. The van der Waals surface area contributed by atoms with Crippen molar-refractivity contribution in [1.29, 1.82) is 0 Å². The maximum absolute atomic E-state index is 12.2. The smallest absolute Gasteiger partial charge is 0.258 e. The van der Waals surface area contributed by atoms with E-state index in [1.807, 2.05) is 67.6 Å². The summed E-state index contributed by atoms with van der Waals surface area (Å²) in [4.78, 5) is 12.2. The van der Waals surface area contributed by atoms with Gasteiger partial charge in [-0.05, 0) is 47.5 Å². The van der Waals surface area contributed by atoms with E-state index >= 15 is 0 Å². The molecule has 0 fully saturated rings. The Labute approximate surface area is 158 Å². The number of carbonyl (C=O) groups is 1. The van der Waals surface area contributed by atoms with E-state index in [1.165, 1.54) is 0 Å². The van der Waals surface area contributed by atoms with Crippen molar-refractivity contribution in [3.05, 3.63) is 66.2 Å². The molecule has 0 aliphatic heterocycles. The molecule has 0 bridgehead atoms. The van der Waals surface area contributed by atoms with Gasteiger partial charge in [0.05, 0.1) is 20.3 Å². The molecule has 3 rings (SSSR count). The molecule has 3 aromatic rings. The van der Waals surface area contributed by atoms with Crippen molar-refractivity contribution >= 4 is 16.7 Å². The second kappa shape index (κ2) is 8.45. The van der Waals surface area contributed by atoms with Crippen molar-refractivity contribution in [2.45, 2.75) is 13.0 Å². The first-order valence-corrected chi connectivity index (χ1v) is 8.73. The molecule has 1 N–H and O–H groups in total. The highest BCUT2D eigenvalue weighted by atomic mass is 16.5. The zero-order chi connectivity index (χ0) is 19.2. The van der Waals surface area contributed by atoms with Crippen LogP contribution in [0.3, 0.4) is 0 Å². The highest BCUT2D eigenvalue weighted by Gasteiger charge is 2.13. The fourth-order valence-corrected chi connectivity index (χ4v) is 2.89. The van der Waals surface area contributed by atoms with E-state index in [2.05, 4.69) is 5.32 Å². The molecule has 5 nitrogen and oxygen atoms in total. The molecule has 0 aliphatic rings. The number of hydrogen-bond acceptors (Lipinski definition) is 4. The summed E-state index contributed by atoms with van der Waals surface area (Å²) < 4.78 is 16.2. The molecule has 5 heteroatoms. The number of carbonyl (C=O) groups excluding carboxylic acids is 1. The zero-order valence-electron chi connectivity index (χ0n) is 15.7. The predicted molar refractivity (Wildman–Crippen MR) is 106 cm³/mol. The third-order valence-electron chi connectivity index (χ3n) is 4.38. The topological polar surface area (TPSA) is 56.8 Å². The van der Waals surface area contributed by atoms with Crippen LogP contribution in [0.4, 0.5) is 0 Å². The van der Waals surface area contributed by atoms with E-state index in [1.54, 1.807) is 14.2 Å². The molecule has 1 unspecified atom stereocenters. The van der Waals surface area contributed by atoms with Gasteiger partial charge in [-0.1, -0.05) is 36.4 Å². The normalized spacial score (nSPS) is 11.7. The van der Waals surface area contributed by atoms with Gasteiger partial charge in [0.1, 0.15) is 5.75 Å². The average Bonchev–Trinajstić information content (AvgIpc) is 2.71. The summed E-state index contributed by atoms with van der Waals surface area (Å²) in [5.41, 5.74) is 0.923. The summed E-state index contributed by atoms with van der Waals surface area (Å²) in [5.74, 6) is 1.76. The van der Waals surface area contributed by atoms with E-state index < -0.39 is 0 Å². The van der Waals surface area contributed by atoms with Gasteiger partial charge in [-0.2, -0.15) is 0 Å². The lowest BCUT2D eigenvalue weighted by molar-refractivity contribution is -0.123. The molecule has 0 aromatic heterocycles. The molecule has 0 spiro atoms. The van der Waals surface area contributed by atoms with Gasteiger partial charge in [0, 0.05) is 0 Å². The zero-order valence-corrected chi connectivity index (χ0v) is 15.7. The monoisotopic (exact) mass is 365 g/mol. The Morgan fingerprint density at radius 2 is 1.67 bits per heavy atom. The first-order valence-electron chi connectivity index (χ1n) is 8.73. The number of benzene rings is 3. The Balaban J connectivity index is 1.59. The number of amides is 1. The number of nitrogens with one attached hydrogen (secondary N) is 1. The molecule has 3 aromatic carbocycles. The fraction of sp³-hybridized carbons (Fsp3) is 0.227. The Hall–Kier alpha value is -3.21. The highest BCUT2D eigenvalue weighted by molar-refractivity contribution is 5.84. The van der Waals surface area contributed by atoms with Crippen molar-refractivity contribution in [1.82, 2.24) is 5.32 Å². The molecule has 0 radical (unpaired) electrons. The van der Waals surface area contributed by atoms with E-state index in [4.69, 9.17) is 14.2 Å². The van der Waals surface area contributed by atoms with Gasteiger partial charge in [-0.15, -0.1) is 0 Å². The minimum absolute atomic E-state index is 0.0457. The van der Waals surface area contributed by atoms with E-state index in [9.17, 15) is 4.79 Å². The van der Waals surface area contributed by atoms with Gasteiger partial charge in [0.25, 0.3) is 5.91 Å². The van der Waals surface area contributed by atoms with Crippen LogP contribution in [0, 0.1) is 0 Å². The molecule has 0 aliphatic carbocycles. The molecule has 0 saturated heterocycles. The van der Waals surface area contributed by atoms with Crippen LogP contribution in [0.2, 0.25) is 0 Å². The van der Waals surface area contributed by atoms with Crippen molar-refractivity contribution in [2.75, 3.05) is 20.8 Å². The SMILES string of the molecule is COc1ccc(C(C)NC(=O)COc2ccc3ccccc3c2)cc1OC. The minimum Gasteiger partial charge on any atom is -0.493 e. The van der Waals surface area contributed by atoms with Crippen LogP contribution in [0.15, 0.2) is 60.7 Å². The lowest BCUT2D eigenvalue weighted by atomic mass is 10.1. The molecule has 1 atom stereocenters. The molecule has 140 valence electrons. The van der Waals surface area contributed by atoms with Gasteiger partial charge in [0.15, 0.2) is 18.1 Å². The summed E-state index contributed by atoms with van der Waals surface area (Å²) in [5, 5.41) is 5.15. The number of rotatable bonds is 7. The molecule has 0 saturated carbocycles. The Bertz CT molecular complexity index is 938. The van der Waals surface area contributed by atoms with Gasteiger partial charge < -0.3 is 19.5 Å². The highest BCUT2D eigenvalue weighted by Crippen LogP contribution is 2.29. The maximum Gasteiger partial charge on any atom is 0.258 e. The van der Waals surface area contributed by atoms with Gasteiger partial charge >= 0.3 is 0 Å². The Kier molecular flexibility index (Phi) is 5.81.